The van der Waals surface area contributed by atoms with E-state index in [4.69, 9.17) is 0 Å². The van der Waals surface area contributed by atoms with Gasteiger partial charge < -0.3 is 10.2 Å². The molecule has 0 aliphatic carbocycles. The fourth-order valence-corrected chi connectivity index (χ4v) is 5.20. The van der Waals surface area contributed by atoms with Gasteiger partial charge in [0, 0.05) is 19.2 Å². The van der Waals surface area contributed by atoms with Gasteiger partial charge in [0.2, 0.25) is 0 Å². The summed E-state index contributed by atoms with van der Waals surface area (Å²) in [7, 11) is -2.13. The highest BCUT2D eigenvalue weighted by Gasteiger charge is 2.23. The maximum atomic E-state index is 13.0. The maximum absolute atomic E-state index is 13.0. The molecule has 0 atom stereocenters. The van der Waals surface area contributed by atoms with Gasteiger partial charge in [0.15, 0.2) is 0 Å². The molecule has 2 aromatic carbocycles. The van der Waals surface area contributed by atoms with Crippen LogP contribution in [-0.2, 0) is 10.0 Å². The van der Waals surface area contributed by atoms with E-state index >= 15 is 0 Å². The number of carbonyl (C=O) groups excluding carboxylic acids is 1. The molecule has 7 heteroatoms. The number of aryl methyl sites for hydroxylation is 2. The lowest BCUT2D eigenvalue weighted by Gasteiger charge is -2.26. The number of piperidine rings is 1. The van der Waals surface area contributed by atoms with Crippen molar-refractivity contribution in [1.82, 2.24) is 10.2 Å². The highest BCUT2D eigenvalue weighted by Crippen LogP contribution is 2.26. The van der Waals surface area contributed by atoms with Crippen LogP contribution in [0.15, 0.2) is 47.4 Å². The number of benzene rings is 2. The Bertz CT molecular complexity index is 997. The summed E-state index contributed by atoms with van der Waals surface area (Å²) in [5.74, 6) is -0.127. The zero-order valence-corrected chi connectivity index (χ0v) is 19.5. The van der Waals surface area contributed by atoms with Crippen molar-refractivity contribution in [3.05, 3.63) is 59.2 Å². The molecule has 1 heterocycles. The molecule has 0 aromatic heterocycles. The number of likely N-dealkylation sites (tertiary alicyclic amines) is 1. The van der Waals surface area contributed by atoms with Crippen LogP contribution in [0.4, 0.5) is 5.69 Å². The van der Waals surface area contributed by atoms with Crippen LogP contribution in [0.1, 0.15) is 47.2 Å². The third-order valence-electron chi connectivity index (χ3n) is 5.86. The predicted molar refractivity (Wildman–Crippen MR) is 125 cm³/mol. The summed E-state index contributed by atoms with van der Waals surface area (Å²) in [6, 6.07) is 11.9. The first kappa shape index (κ1) is 23.3. The Morgan fingerprint density at radius 2 is 1.71 bits per heavy atom. The molecule has 2 aromatic rings. The minimum Gasteiger partial charge on any atom is -0.352 e. The molecule has 1 aliphatic rings. The van der Waals surface area contributed by atoms with E-state index in [1.54, 1.807) is 42.5 Å². The summed E-state index contributed by atoms with van der Waals surface area (Å²) in [5.41, 5.74) is 2.84. The molecule has 6 nitrogen and oxygen atoms in total. The van der Waals surface area contributed by atoms with E-state index in [0.717, 1.165) is 37.2 Å². The van der Waals surface area contributed by atoms with Gasteiger partial charge in [-0.3, -0.25) is 9.10 Å². The number of rotatable bonds is 8. The van der Waals surface area contributed by atoms with Crippen molar-refractivity contribution in [2.45, 2.75) is 44.4 Å². The maximum Gasteiger partial charge on any atom is 0.264 e. The molecule has 31 heavy (non-hydrogen) atoms. The number of nitrogens with one attached hydrogen (secondary N) is 1. The summed E-state index contributed by atoms with van der Waals surface area (Å²) >= 11 is 0. The van der Waals surface area contributed by atoms with Gasteiger partial charge in [-0.2, -0.15) is 0 Å². The summed E-state index contributed by atoms with van der Waals surface area (Å²) < 4.78 is 27.2. The van der Waals surface area contributed by atoms with Crippen LogP contribution in [0.2, 0.25) is 0 Å². The lowest BCUT2D eigenvalue weighted by Crippen LogP contribution is -2.33. The highest BCUT2D eigenvalue weighted by atomic mass is 32.2. The summed E-state index contributed by atoms with van der Waals surface area (Å²) in [6.07, 6.45) is 4.79. The highest BCUT2D eigenvalue weighted by molar-refractivity contribution is 7.92. The van der Waals surface area contributed by atoms with E-state index in [1.807, 2.05) is 13.8 Å². The van der Waals surface area contributed by atoms with Gasteiger partial charge in [-0.15, -0.1) is 0 Å². The SMILES string of the molecule is Cc1ccc(S(=O)(=O)N(C)c2ccc(C(=O)NCCCN3CCCCC3)cc2C)cc1. The molecule has 0 bridgehead atoms. The topological polar surface area (TPSA) is 69.7 Å². The average Bonchev–Trinajstić information content (AvgIpc) is 2.77. The molecule has 1 fully saturated rings. The number of hydrogen-bond donors (Lipinski definition) is 1. The van der Waals surface area contributed by atoms with Crippen molar-refractivity contribution >= 4 is 21.6 Å². The van der Waals surface area contributed by atoms with Crippen LogP contribution in [0.3, 0.4) is 0 Å². The van der Waals surface area contributed by atoms with Gasteiger partial charge in [-0.1, -0.05) is 24.1 Å². The summed E-state index contributed by atoms with van der Waals surface area (Å²) in [5, 5.41) is 2.98. The monoisotopic (exact) mass is 443 g/mol. The molecule has 1 saturated heterocycles. The van der Waals surface area contributed by atoms with E-state index in [2.05, 4.69) is 10.2 Å². The zero-order valence-electron chi connectivity index (χ0n) is 18.7. The number of nitrogens with zero attached hydrogens (tertiary/aromatic N) is 2. The first-order valence-corrected chi connectivity index (χ1v) is 12.4. The van der Waals surface area contributed by atoms with E-state index < -0.39 is 10.0 Å². The summed E-state index contributed by atoms with van der Waals surface area (Å²) in [4.78, 5) is 15.2. The van der Waals surface area contributed by atoms with Gasteiger partial charge in [0.05, 0.1) is 10.6 Å². The molecule has 0 saturated carbocycles. The van der Waals surface area contributed by atoms with E-state index in [1.165, 1.54) is 30.6 Å². The first-order chi connectivity index (χ1) is 14.8. The molecular weight excluding hydrogens is 410 g/mol. The van der Waals surface area contributed by atoms with Crippen LogP contribution >= 0.6 is 0 Å². The molecule has 0 radical (unpaired) electrons. The van der Waals surface area contributed by atoms with Crippen molar-refractivity contribution in [3.8, 4) is 0 Å². The van der Waals surface area contributed by atoms with Gasteiger partial charge in [0.1, 0.15) is 0 Å². The average molecular weight is 444 g/mol. The quantitative estimate of drug-likeness (QED) is 0.631. The molecule has 0 spiro atoms. The molecule has 1 N–H and O–H groups in total. The molecular formula is C24H33N3O3S. The van der Waals surface area contributed by atoms with E-state index in [-0.39, 0.29) is 10.8 Å². The molecule has 1 amide bonds. The fourth-order valence-electron chi connectivity index (χ4n) is 3.94. The number of sulfonamides is 1. The Morgan fingerprint density at radius 3 is 2.35 bits per heavy atom. The lowest BCUT2D eigenvalue weighted by atomic mass is 10.1. The Morgan fingerprint density at radius 1 is 1.03 bits per heavy atom. The van der Waals surface area contributed by atoms with Crippen molar-refractivity contribution in [1.29, 1.82) is 0 Å². The third kappa shape index (κ3) is 5.86. The third-order valence-corrected chi connectivity index (χ3v) is 7.65. The van der Waals surface area contributed by atoms with Gasteiger partial charge in [0.25, 0.3) is 15.9 Å². The standard InChI is InChI=1S/C24H33N3O3S/c1-19-8-11-22(12-9-19)31(29,30)26(3)23-13-10-21(18-20(23)2)24(28)25-14-7-17-27-15-5-4-6-16-27/h8-13,18H,4-7,14-17H2,1-3H3,(H,25,28). The Balaban J connectivity index is 1.60. The second-order valence-electron chi connectivity index (χ2n) is 8.30. The van der Waals surface area contributed by atoms with E-state index in [0.29, 0.717) is 17.8 Å². The van der Waals surface area contributed by atoms with Crippen LogP contribution in [-0.4, -0.2) is 52.5 Å². The number of amides is 1. The second kappa shape index (κ2) is 10.3. The number of anilines is 1. The largest absolute Gasteiger partial charge is 0.352 e. The first-order valence-electron chi connectivity index (χ1n) is 11.0. The predicted octanol–water partition coefficient (Wildman–Crippen LogP) is 3.73. The smallest absolute Gasteiger partial charge is 0.264 e. The minimum absolute atomic E-state index is 0.127. The van der Waals surface area contributed by atoms with E-state index in [9.17, 15) is 13.2 Å². The molecule has 168 valence electrons. The number of hydrogen-bond acceptors (Lipinski definition) is 4. The molecule has 0 unspecified atom stereocenters. The van der Waals surface area contributed by atoms with Crippen LogP contribution < -0.4 is 9.62 Å². The normalized spacial score (nSPS) is 14.9. The van der Waals surface area contributed by atoms with Crippen LogP contribution in [0, 0.1) is 13.8 Å². The van der Waals surface area contributed by atoms with Crippen molar-refractivity contribution in [2.75, 3.05) is 37.5 Å². The van der Waals surface area contributed by atoms with Gasteiger partial charge >= 0.3 is 0 Å². The minimum atomic E-state index is -3.66. The van der Waals surface area contributed by atoms with Crippen molar-refractivity contribution in [3.63, 3.8) is 0 Å². The second-order valence-corrected chi connectivity index (χ2v) is 10.3. The lowest BCUT2D eigenvalue weighted by molar-refractivity contribution is 0.0951. The van der Waals surface area contributed by atoms with Crippen molar-refractivity contribution in [2.24, 2.45) is 0 Å². The van der Waals surface area contributed by atoms with Crippen LogP contribution in [0.5, 0.6) is 0 Å². The molecule has 1 aliphatic heterocycles. The van der Waals surface area contributed by atoms with Crippen LogP contribution in [0.25, 0.3) is 0 Å². The Kier molecular flexibility index (Phi) is 7.73. The van der Waals surface area contributed by atoms with Crippen molar-refractivity contribution < 1.29 is 13.2 Å². The van der Waals surface area contributed by atoms with Gasteiger partial charge in [-0.25, -0.2) is 8.42 Å². The van der Waals surface area contributed by atoms with Gasteiger partial charge in [-0.05, 0) is 88.6 Å². The Labute approximate surface area is 186 Å². The summed E-state index contributed by atoms with van der Waals surface area (Å²) in [6.45, 7) is 7.71. The molecule has 3 rings (SSSR count). The number of carbonyl (C=O) groups is 1. The Hall–Kier alpha value is -2.38. The zero-order chi connectivity index (χ0) is 22.4. The fraction of sp³-hybridized carbons (Fsp3) is 0.458.